The van der Waals surface area contributed by atoms with Crippen LogP contribution in [-0.4, -0.2) is 19.4 Å². The lowest BCUT2D eigenvalue weighted by Gasteiger charge is -2.29. The van der Waals surface area contributed by atoms with Gasteiger partial charge in [-0.1, -0.05) is 41.0 Å². The number of hydrogen-bond donors (Lipinski definition) is 1. The molecule has 9 heteroatoms. The van der Waals surface area contributed by atoms with Gasteiger partial charge in [-0.15, -0.1) is 4.72 Å². The Kier molecular flexibility index (Phi) is 7.12. The van der Waals surface area contributed by atoms with Gasteiger partial charge < -0.3 is 9.08 Å². The quantitative estimate of drug-likeness (QED) is 0.212. The number of hydrogen-bond acceptors (Lipinski definition) is 5. The van der Waals surface area contributed by atoms with Gasteiger partial charge in [0.2, 0.25) is 0 Å². The molecule has 33 heavy (non-hydrogen) atoms. The van der Waals surface area contributed by atoms with Gasteiger partial charge >= 0.3 is 0 Å². The topological polar surface area (TPSA) is 74.0 Å². The maximum Gasteiger partial charge on any atom is 0.169 e. The number of rotatable bonds is 6. The number of nitrogens with zero attached hydrogens (tertiary/aromatic N) is 2. The van der Waals surface area contributed by atoms with Crippen LogP contribution in [0.1, 0.15) is 38.1 Å². The van der Waals surface area contributed by atoms with E-state index in [0.717, 1.165) is 16.5 Å². The summed E-state index contributed by atoms with van der Waals surface area (Å²) in [6.07, 6.45) is 0.186. The molecule has 4 rings (SSSR count). The van der Waals surface area contributed by atoms with E-state index < -0.39 is 28.0 Å². The van der Waals surface area contributed by atoms with Crippen LogP contribution >= 0.6 is 27.5 Å². The monoisotopic (exact) mass is 549 g/mol. The summed E-state index contributed by atoms with van der Waals surface area (Å²) in [5.41, 5.74) is 3.06. The van der Waals surface area contributed by atoms with Crippen LogP contribution < -0.4 is 4.72 Å². The Morgan fingerprint density at radius 1 is 1.18 bits per heavy atom. The van der Waals surface area contributed by atoms with Crippen molar-refractivity contribution in [1.82, 2.24) is 14.9 Å². The fourth-order valence-corrected chi connectivity index (χ4v) is 4.77. The smallest absolute Gasteiger partial charge is 0.169 e. The minimum Gasteiger partial charge on any atom is -0.598 e. The Morgan fingerprint density at radius 3 is 2.70 bits per heavy atom. The van der Waals surface area contributed by atoms with Crippen LogP contribution in [0.3, 0.4) is 0 Å². The molecule has 0 unspecified atom stereocenters. The molecule has 0 fully saturated rings. The summed E-state index contributed by atoms with van der Waals surface area (Å²) in [4.78, 5) is 4.31. The van der Waals surface area contributed by atoms with Crippen molar-refractivity contribution in [2.75, 3.05) is 0 Å². The second kappa shape index (κ2) is 9.72. The first kappa shape index (κ1) is 24.2. The highest BCUT2D eigenvalue weighted by Crippen LogP contribution is 2.36. The van der Waals surface area contributed by atoms with E-state index in [9.17, 15) is 8.94 Å². The lowest BCUT2D eigenvalue weighted by Crippen LogP contribution is -2.42. The summed E-state index contributed by atoms with van der Waals surface area (Å²) in [5, 5.41) is 5.63. The third-order valence-corrected chi connectivity index (χ3v) is 7.40. The van der Waals surface area contributed by atoms with E-state index in [1.54, 1.807) is 18.2 Å². The van der Waals surface area contributed by atoms with Gasteiger partial charge in [-0.05, 0) is 66.5 Å². The first-order valence-corrected chi connectivity index (χ1v) is 12.6. The van der Waals surface area contributed by atoms with Crippen molar-refractivity contribution < 1.29 is 13.5 Å². The van der Waals surface area contributed by atoms with E-state index in [1.165, 1.54) is 6.07 Å². The minimum atomic E-state index is -1.41. The van der Waals surface area contributed by atoms with Crippen molar-refractivity contribution >= 4 is 49.9 Å². The van der Waals surface area contributed by atoms with Crippen molar-refractivity contribution in [1.29, 1.82) is 0 Å². The Morgan fingerprint density at radius 2 is 1.94 bits per heavy atom. The molecule has 5 nitrogen and oxygen atoms in total. The van der Waals surface area contributed by atoms with Gasteiger partial charge in [0.15, 0.2) is 5.58 Å². The molecule has 2 atom stereocenters. The Hall–Kier alpha value is -1.97. The average Bonchev–Trinajstić information content (AvgIpc) is 3.18. The molecule has 0 saturated heterocycles. The average molecular weight is 551 g/mol. The molecule has 0 bridgehead atoms. The van der Waals surface area contributed by atoms with E-state index in [0.29, 0.717) is 20.9 Å². The molecule has 0 amide bonds. The molecular weight excluding hydrogens is 529 g/mol. The SMILES string of the molecule is CC(C)(C)[S@+]([O-])N[C@@H](Cc1nc(Br)ccc1F)c1ccccc1-c1noc2cc(Cl)ccc12. The summed E-state index contributed by atoms with van der Waals surface area (Å²) in [6, 6.07) is 15.4. The predicted octanol–water partition coefficient (Wildman–Crippen LogP) is 6.78. The lowest BCUT2D eigenvalue weighted by atomic mass is 9.94. The van der Waals surface area contributed by atoms with E-state index in [2.05, 4.69) is 30.8 Å². The number of nitrogens with one attached hydrogen (secondary N) is 1. The van der Waals surface area contributed by atoms with Gasteiger partial charge in [-0.3, -0.25) is 0 Å². The third-order valence-electron chi connectivity index (χ3n) is 5.11. The first-order chi connectivity index (χ1) is 15.6. The van der Waals surface area contributed by atoms with Crippen LogP contribution in [0, 0.1) is 5.82 Å². The van der Waals surface area contributed by atoms with Crippen molar-refractivity contribution in [3.05, 3.63) is 81.3 Å². The summed E-state index contributed by atoms with van der Waals surface area (Å²) < 4.78 is 36.4. The number of benzene rings is 2. The van der Waals surface area contributed by atoms with E-state index in [1.807, 2.05) is 51.1 Å². The van der Waals surface area contributed by atoms with Crippen LogP contribution in [0.4, 0.5) is 4.39 Å². The highest BCUT2D eigenvalue weighted by Gasteiger charge is 2.32. The van der Waals surface area contributed by atoms with Crippen LogP contribution in [0.15, 0.2) is 63.7 Å². The lowest BCUT2D eigenvalue weighted by molar-refractivity contribution is 0.459. The fourth-order valence-electron chi connectivity index (χ4n) is 3.44. The summed E-state index contributed by atoms with van der Waals surface area (Å²) in [6.45, 7) is 5.64. The Bertz CT molecular complexity index is 1290. The molecule has 0 spiro atoms. The summed E-state index contributed by atoms with van der Waals surface area (Å²) >= 11 is 8.00. The largest absolute Gasteiger partial charge is 0.598 e. The zero-order valence-corrected chi connectivity index (χ0v) is 21.4. The van der Waals surface area contributed by atoms with Crippen LogP contribution in [0.2, 0.25) is 5.02 Å². The molecule has 0 aliphatic heterocycles. The van der Waals surface area contributed by atoms with E-state index in [4.69, 9.17) is 16.1 Å². The molecule has 0 saturated carbocycles. The molecule has 0 aliphatic rings. The second-order valence-electron chi connectivity index (χ2n) is 8.58. The zero-order chi connectivity index (χ0) is 23.8. The summed E-state index contributed by atoms with van der Waals surface area (Å²) in [7, 11) is 0. The van der Waals surface area contributed by atoms with E-state index in [-0.39, 0.29) is 12.1 Å². The summed E-state index contributed by atoms with van der Waals surface area (Å²) in [5.74, 6) is -0.425. The maximum atomic E-state index is 14.6. The predicted molar refractivity (Wildman–Crippen MR) is 134 cm³/mol. The Balaban J connectivity index is 1.82. The maximum absolute atomic E-state index is 14.6. The van der Waals surface area contributed by atoms with Crippen LogP contribution in [0.5, 0.6) is 0 Å². The number of halogens is 3. The van der Waals surface area contributed by atoms with Gasteiger partial charge in [0.05, 0.1) is 11.7 Å². The molecule has 4 aromatic rings. The Labute approximate surface area is 208 Å². The van der Waals surface area contributed by atoms with Gasteiger partial charge in [0.25, 0.3) is 0 Å². The molecule has 2 aromatic carbocycles. The second-order valence-corrected chi connectivity index (χ2v) is 11.8. The van der Waals surface area contributed by atoms with Crippen molar-refractivity contribution in [2.45, 2.75) is 38.0 Å². The molecule has 172 valence electrons. The molecule has 1 N–H and O–H groups in total. The minimum absolute atomic E-state index is 0.186. The normalized spacial score (nSPS) is 13.9. The van der Waals surface area contributed by atoms with Crippen LogP contribution in [-0.2, 0) is 17.8 Å². The third kappa shape index (κ3) is 5.41. The number of pyridine rings is 1. The van der Waals surface area contributed by atoms with Crippen LogP contribution in [0.25, 0.3) is 22.2 Å². The highest BCUT2D eigenvalue weighted by molar-refractivity contribution is 9.10. The van der Waals surface area contributed by atoms with Gasteiger partial charge in [-0.2, -0.15) is 0 Å². The number of aromatic nitrogens is 2. The first-order valence-electron chi connectivity index (χ1n) is 10.3. The highest BCUT2D eigenvalue weighted by atomic mass is 79.9. The standard InChI is InChI=1S/C24H22BrClFN3O2S/c1-24(2,3)33(31)30-19(13-20-18(27)10-11-22(25)28-20)15-6-4-5-7-16(15)23-17-9-8-14(26)12-21(17)32-29-23/h4-12,19,30H,13H2,1-3H3/t19-,33-/m0/s1. The molecular formula is C24H22BrClFN3O2S. The molecule has 2 heterocycles. The van der Waals surface area contributed by atoms with Crippen molar-refractivity contribution in [2.24, 2.45) is 0 Å². The molecule has 2 aromatic heterocycles. The molecule has 0 aliphatic carbocycles. The fraction of sp³-hybridized carbons (Fsp3) is 0.250. The number of fused-ring (bicyclic) bond motifs is 1. The zero-order valence-electron chi connectivity index (χ0n) is 18.2. The van der Waals surface area contributed by atoms with Gasteiger partial charge in [-0.25, -0.2) is 9.37 Å². The van der Waals surface area contributed by atoms with Gasteiger partial charge in [0.1, 0.15) is 20.9 Å². The van der Waals surface area contributed by atoms with Gasteiger partial charge in [0, 0.05) is 39.8 Å². The van der Waals surface area contributed by atoms with Crippen molar-refractivity contribution in [3.8, 4) is 11.3 Å². The van der Waals surface area contributed by atoms with Crippen molar-refractivity contribution in [3.63, 3.8) is 0 Å². The van der Waals surface area contributed by atoms with E-state index >= 15 is 0 Å². The molecule has 0 radical (unpaired) electrons.